The zero-order valence-corrected chi connectivity index (χ0v) is 10.4. The SMILES string of the molecule is O=C(O)C1=CCCN(Cc2cccc(C(=O)O)c2)C1. The number of hydrogen-bond donors (Lipinski definition) is 2. The maximum Gasteiger partial charge on any atom is 0.335 e. The van der Waals surface area contributed by atoms with Crippen LogP contribution >= 0.6 is 0 Å². The first kappa shape index (κ1) is 13.3. The molecular formula is C14H15NO4. The molecule has 100 valence electrons. The zero-order chi connectivity index (χ0) is 13.8. The molecule has 0 unspecified atom stereocenters. The predicted octanol–water partition coefficient (Wildman–Crippen LogP) is 1.60. The Morgan fingerprint density at radius 2 is 2.00 bits per heavy atom. The van der Waals surface area contributed by atoms with E-state index >= 15 is 0 Å². The van der Waals surface area contributed by atoms with Gasteiger partial charge in [0.15, 0.2) is 0 Å². The lowest BCUT2D eigenvalue weighted by molar-refractivity contribution is -0.133. The lowest BCUT2D eigenvalue weighted by Gasteiger charge is -2.25. The van der Waals surface area contributed by atoms with Gasteiger partial charge < -0.3 is 10.2 Å². The van der Waals surface area contributed by atoms with E-state index in [0.717, 1.165) is 12.1 Å². The third kappa shape index (κ3) is 3.42. The van der Waals surface area contributed by atoms with Gasteiger partial charge in [-0.1, -0.05) is 18.2 Å². The van der Waals surface area contributed by atoms with E-state index in [9.17, 15) is 9.59 Å². The lowest BCUT2D eigenvalue weighted by atomic mass is 10.1. The average Bonchev–Trinajstić information content (AvgIpc) is 2.39. The van der Waals surface area contributed by atoms with Crippen molar-refractivity contribution in [1.82, 2.24) is 4.90 Å². The summed E-state index contributed by atoms with van der Waals surface area (Å²) >= 11 is 0. The number of carboxylic acids is 2. The van der Waals surface area contributed by atoms with Crippen molar-refractivity contribution in [1.29, 1.82) is 0 Å². The molecule has 5 heteroatoms. The molecule has 1 heterocycles. The Morgan fingerprint density at radius 3 is 2.68 bits per heavy atom. The fourth-order valence-electron chi connectivity index (χ4n) is 2.16. The highest BCUT2D eigenvalue weighted by Gasteiger charge is 2.17. The molecule has 0 bridgehead atoms. The number of rotatable bonds is 4. The molecule has 0 spiro atoms. The number of nitrogens with zero attached hydrogens (tertiary/aromatic N) is 1. The summed E-state index contributed by atoms with van der Waals surface area (Å²) in [7, 11) is 0. The van der Waals surface area contributed by atoms with Gasteiger partial charge in [0, 0.05) is 25.2 Å². The number of carbonyl (C=O) groups is 2. The van der Waals surface area contributed by atoms with Crippen LogP contribution in [0.5, 0.6) is 0 Å². The van der Waals surface area contributed by atoms with E-state index in [1.165, 1.54) is 0 Å². The maximum absolute atomic E-state index is 10.9. The first-order chi connectivity index (χ1) is 9.06. The Kier molecular flexibility index (Phi) is 3.97. The Hall–Kier alpha value is -2.14. The van der Waals surface area contributed by atoms with Crippen LogP contribution in [0, 0.1) is 0 Å². The highest BCUT2D eigenvalue weighted by Crippen LogP contribution is 2.14. The first-order valence-electron chi connectivity index (χ1n) is 6.03. The number of benzene rings is 1. The highest BCUT2D eigenvalue weighted by molar-refractivity contribution is 5.88. The smallest absolute Gasteiger partial charge is 0.335 e. The monoisotopic (exact) mass is 261 g/mol. The molecular weight excluding hydrogens is 246 g/mol. The summed E-state index contributed by atoms with van der Waals surface area (Å²) in [6.07, 6.45) is 2.45. The summed E-state index contributed by atoms with van der Waals surface area (Å²) in [4.78, 5) is 23.8. The van der Waals surface area contributed by atoms with Crippen molar-refractivity contribution in [2.45, 2.75) is 13.0 Å². The van der Waals surface area contributed by atoms with Crippen LogP contribution in [0.4, 0.5) is 0 Å². The van der Waals surface area contributed by atoms with Gasteiger partial charge in [0.1, 0.15) is 0 Å². The predicted molar refractivity (Wildman–Crippen MR) is 69.0 cm³/mol. The summed E-state index contributed by atoms with van der Waals surface area (Å²) < 4.78 is 0. The Morgan fingerprint density at radius 1 is 1.21 bits per heavy atom. The fourth-order valence-corrected chi connectivity index (χ4v) is 2.16. The van der Waals surface area contributed by atoms with Crippen LogP contribution < -0.4 is 0 Å². The van der Waals surface area contributed by atoms with Gasteiger partial charge in [-0.2, -0.15) is 0 Å². The molecule has 19 heavy (non-hydrogen) atoms. The number of aromatic carboxylic acids is 1. The quantitative estimate of drug-likeness (QED) is 0.860. The third-order valence-electron chi connectivity index (χ3n) is 3.08. The molecule has 0 saturated heterocycles. The average molecular weight is 261 g/mol. The second-order valence-electron chi connectivity index (χ2n) is 4.54. The van der Waals surface area contributed by atoms with Gasteiger partial charge in [-0.15, -0.1) is 0 Å². The van der Waals surface area contributed by atoms with E-state index in [1.807, 2.05) is 11.0 Å². The van der Waals surface area contributed by atoms with E-state index < -0.39 is 11.9 Å². The molecule has 1 aromatic carbocycles. The van der Waals surface area contributed by atoms with Crippen molar-refractivity contribution >= 4 is 11.9 Å². The third-order valence-corrected chi connectivity index (χ3v) is 3.08. The summed E-state index contributed by atoms with van der Waals surface area (Å²) in [6.45, 7) is 1.74. The van der Waals surface area contributed by atoms with Crippen LogP contribution in [-0.4, -0.2) is 40.1 Å². The molecule has 1 aliphatic heterocycles. The van der Waals surface area contributed by atoms with E-state index in [0.29, 0.717) is 25.1 Å². The topological polar surface area (TPSA) is 77.8 Å². The summed E-state index contributed by atoms with van der Waals surface area (Å²) in [5, 5.41) is 17.9. The highest BCUT2D eigenvalue weighted by atomic mass is 16.4. The van der Waals surface area contributed by atoms with E-state index in [4.69, 9.17) is 10.2 Å². The molecule has 0 amide bonds. The molecule has 5 nitrogen and oxygen atoms in total. The van der Waals surface area contributed by atoms with Crippen molar-refractivity contribution in [3.63, 3.8) is 0 Å². The zero-order valence-electron chi connectivity index (χ0n) is 10.4. The molecule has 0 radical (unpaired) electrons. The van der Waals surface area contributed by atoms with E-state index in [-0.39, 0.29) is 5.56 Å². The van der Waals surface area contributed by atoms with Crippen molar-refractivity contribution in [2.24, 2.45) is 0 Å². The standard InChI is InChI=1S/C14H15NO4/c16-13(17)11-4-1-3-10(7-11)8-15-6-2-5-12(9-15)14(18)19/h1,3-5,7H,2,6,8-9H2,(H,16,17)(H,18,19). The molecule has 0 fully saturated rings. The van der Waals surface area contributed by atoms with Crippen LogP contribution in [0.2, 0.25) is 0 Å². The van der Waals surface area contributed by atoms with Crippen molar-refractivity contribution < 1.29 is 19.8 Å². The van der Waals surface area contributed by atoms with Gasteiger partial charge >= 0.3 is 11.9 Å². The van der Waals surface area contributed by atoms with Crippen molar-refractivity contribution in [3.8, 4) is 0 Å². The van der Waals surface area contributed by atoms with E-state index in [2.05, 4.69) is 0 Å². The van der Waals surface area contributed by atoms with Gasteiger partial charge in [0.25, 0.3) is 0 Å². The van der Waals surface area contributed by atoms with Crippen LogP contribution in [0.3, 0.4) is 0 Å². The summed E-state index contributed by atoms with van der Waals surface area (Å²) in [6, 6.07) is 6.73. The second-order valence-corrected chi connectivity index (χ2v) is 4.54. The minimum Gasteiger partial charge on any atom is -0.478 e. The fraction of sp³-hybridized carbons (Fsp3) is 0.286. The summed E-state index contributed by atoms with van der Waals surface area (Å²) in [5.41, 5.74) is 1.54. The Balaban J connectivity index is 2.06. The van der Waals surface area contributed by atoms with Gasteiger partial charge in [0.2, 0.25) is 0 Å². The van der Waals surface area contributed by atoms with Crippen molar-refractivity contribution in [2.75, 3.05) is 13.1 Å². The molecule has 0 aliphatic carbocycles. The molecule has 2 rings (SSSR count). The van der Waals surface area contributed by atoms with Gasteiger partial charge in [-0.3, -0.25) is 4.90 Å². The van der Waals surface area contributed by atoms with Crippen LogP contribution in [0.1, 0.15) is 22.3 Å². The van der Waals surface area contributed by atoms with E-state index in [1.54, 1.807) is 24.3 Å². The molecule has 0 atom stereocenters. The largest absolute Gasteiger partial charge is 0.478 e. The minimum atomic E-state index is -0.952. The number of carboxylic acid groups (broad SMARTS) is 2. The first-order valence-corrected chi connectivity index (χ1v) is 6.03. The normalized spacial score (nSPS) is 15.9. The summed E-state index contributed by atoms with van der Waals surface area (Å²) in [5.74, 6) is -1.84. The maximum atomic E-state index is 10.9. The Bertz CT molecular complexity index is 536. The number of hydrogen-bond acceptors (Lipinski definition) is 3. The second kappa shape index (κ2) is 5.67. The molecule has 0 saturated carbocycles. The molecule has 1 aromatic rings. The van der Waals surface area contributed by atoms with Crippen LogP contribution in [0.15, 0.2) is 35.9 Å². The molecule has 2 N–H and O–H groups in total. The van der Waals surface area contributed by atoms with Gasteiger partial charge in [-0.25, -0.2) is 9.59 Å². The van der Waals surface area contributed by atoms with Crippen LogP contribution in [-0.2, 0) is 11.3 Å². The van der Waals surface area contributed by atoms with Crippen LogP contribution in [0.25, 0.3) is 0 Å². The lowest BCUT2D eigenvalue weighted by Crippen LogP contribution is -2.31. The van der Waals surface area contributed by atoms with Gasteiger partial charge in [-0.05, 0) is 24.1 Å². The van der Waals surface area contributed by atoms with Gasteiger partial charge in [0.05, 0.1) is 5.56 Å². The van der Waals surface area contributed by atoms with Crippen molar-refractivity contribution in [3.05, 3.63) is 47.0 Å². The Labute approximate surface area is 110 Å². The molecule has 0 aromatic heterocycles. The molecule has 1 aliphatic rings. The minimum absolute atomic E-state index is 0.253. The number of aliphatic carboxylic acids is 1.